The first-order valence-electron chi connectivity index (χ1n) is 5.10. The molecule has 0 aromatic carbocycles. The lowest BCUT2D eigenvalue weighted by Gasteiger charge is -2.25. The number of hydrogen-bond donors (Lipinski definition) is 1. The van der Waals surface area contributed by atoms with Crippen molar-refractivity contribution in [1.29, 1.82) is 0 Å². The molecule has 0 aliphatic rings. The summed E-state index contributed by atoms with van der Waals surface area (Å²) in [6.07, 6.45) is 3.80. The van der Waals surface area contributed by atoms with Crippen LogP contribution in [0.25, 0.3) is 0 Å². The van der Waals surface area contributed by atoms with Gasteiger partial charge in [0.2, 0.25) is 0 Å². The van der Waals surface area contributed by atoms with Gasteiger partial charge in [0.1, 0.15) is 0 Å². The van der Waals surface area contributed by atoms with Crippen LogP contribution in [0.4, 0.5) is 0 Å². The SMILES string of the molecule is CCCCCN(CC(N)=S)C(C)C. The van der Waals surface area contributed by atoms with E-state index in [1.165, 1.54) is 19.3 Å². The van der Waals surface area contributed by atoms with E-state index in [0.29, 0.717) is 11.0 Å². The molecule has 0 heterocycles. The van der Waals surface area contributed by atoms with Gasteiger partial charge in [0.15, 0.2) is 0 Å². The van der Waals surface area contributed by atoms with Crippen molar-refractivity contribution in [3.63, 3.8) is 0 Å². The summed E-state index contributed by atoms with van der Waals surface area (Å²) in [5, 5.41) is 0. The Morgan fingerprint density at radius 1 is 1.38 bits per heavy atom. The second-order valence-corrected chi connectivity index (χ2v) is 4.26. The molecule has 0 bridgehead atoms. The van der Waals surface area contributed by atoms with E-state index in [4.69, 9.17) is 18.0 Å². The van der Waals surface area contributed by atoms with Gasteiger partial charge in [-0.25, -0.2) is 0 Å². The molecule has 0 spiro atoms. The number of nitrogens with zero attached hydrogens (tertiary/aromatic N) is 1. The van der Waals surface area contributed by atoms with Crippen LogP contribution in [0.1, 0.15) is 40.0 Å². The third kappa shape index (κ3) is 6.96. The zero-order chi connectivity index (χ0) is 10.3. The Labute approximate surface area is 87.5 Å². The number of hydrogen-bond acceptors (Lipinski definition) is 2. The fourth-order valence-electron chi connectivity index (χ4n) is 1.28. The lowest BCUT2D eigenvalue weighted by atomic mass is 10.2. The molecule has 0 aromatic rings. The van der Waals surface area contributed by atoms with Crippen molar-refractivity contribution < 1.29 is 0 Å². The predicted molar refractivity (Wildman–Crippen MR) is 63.0 cm³/mol. The molecule has 13 heavy (non-hydrogen) atoms. The van der Waals surface area contributed by atoms with E-state index in [1.807, 2.05) is 0 Å². The molecule has 0 fully saturated rings. The van der Waals surface area contributed by atoms with Crippen molar-refractivity contribution in [2.45, 2.75) is 46.1 Å². The van der Waals surface area contributed by atoms with E-state index in [1.54, 1.807) is 0 Å². The first-order valence-corrected chi connectivity index (χ1v) is 5.51. The summed E-state index contributed by atoms with van der Waals surface area (Å²) in [7, 11) is 0. The van der Waals surface area contributed by atoms with Gasteiger partial charge in [-0.2, -0.15) is 0 Å². The molecule has 0 aliphatic heterocycles. The van der Waals surface area contributed by atoms with Gasteiger partial charge in [0.05, 0.1) is 4.99 Å². The first kappa shape index (κ1) is 12.8. The molecule has 0 atom stereocenters. The number of thiocarbonyl (C=S) groups is 1. The quantitative estimate of drug-likeness (QED) is 0.507. The van der Waals surface area contributed by atoms with Crippen molar-refractivity contribution in [3.05, 3.63) is 0 Å². The standard InChI is InChI=1S/C10H22N2S/c1-4-5-6-7-12(9(2)3)8-10(11)13/h9H,4-8H2,1-3H3,(H2,11,13). The van der Waals surface area contributed by atoms with Crippen LogP contribution < -0.4 is 5.73 Å². The zero-order valence-corrected chi connectivity index (χ0v) is 9.86. The Morgan fingerprint density at radius 3 is 2.38 bits per heavy atom. The van der Waals surface area contributed by atoms with Gasteiger partial charge < -0.3 is 5.73 Å². The normalized spacial score (nSPS) is 11.2. The highest BCUT2D eigenvalue weighted by Gasteiger charge is 2.08. The molecule has 0 aliphatic carbocycles. The average molecular weight is 202 g/mol. The van der Waals surface area contributed by atoms with Crippen molar-refractivity contribution in [3.8, 4) is 0 Å². The van der Waals surface area contributed by atoms with Gasteiger partial charge in [0, 0.05) is 12.6 Å². The minimum absolute atomic E-state index is 0.540. The summed E-state index contributed by atoms with van der Waals surface area (Å²) in [6, 6.07) is 0.540. The summed E-state index contributed by atoms with van der Waals surface area (Å²) in [5.41, 5.74) is 5.53. The zero-order valence-electron chi connectivity index (χ0n) is 9.05. The topological polar surface area (TPSA) is 29.3 Å². The van der Waals surface area contributed by atoms with Gasteiger partial charge in [-0.05, 0) is 26.8 Å². The molecule has 0 radical (unpaired) electrons. The van der Waals surface area contributed by atoms with E-state index in [2.05, 4.69) is 25.7 Å². The molecule has 0 aromatic heterocycles. The van der Waals surface area contributed by atoms with E-state index >= 15 is 0 Å². The lowest BCUT2D eigenvalue weighted by molar-refractivity contribution is 0.248. The van der Waals surface area contributed by atoms with Crippen molar-refractivity contribution in [2.75, 3.05) is 13.1 Å². The maximum atomic E-state index is 5.53. The fraction of sp³-hybridized carbons (Fsp3) is 0.900. The summed E-state index contributed by atoms with van der Waals surface area (Å²) in [5.74, 6) is 0. The monoisotopic (exact) mass is 202 g/mol. The minimum Gasteiger partial charge on any atom is -0.392 e. The maximum Gasteiger partial charge on any atom is 0.0870 e. The van der Waals surface area contributed by atoms with Gasteiger partial charge in [-0.15, -0.1) is 0 Å². The van der Waals surface area contributed by atoms with E-state index in [-0.39, 0.29) is 0 Å². The Balaban J connectivity index is 3.74. The predicted octanol–water partition coefficient (Wildman–Crippen LogP) is 2.17. The van der Waals surface area contributed by atoms with Gasteiger partial charge in [0.25, 0.3) is 0 Å². The molecule has 2 N–H and O–H groups in total. The fourth-order valence-corrected chi connectivity index (χ4v) is 1.45. The Bertz CT molecular complexity index is 146. The van der Waals surface area contributed by atoms with E-state index in [9.17, 15) is 0 Å². The summed E-state index contributed by atoms with van der Waals surface area (Å²) in [4.78, 5) is 2.93. The van der Waals surface area contributed by atoms with E-state index < -0.39 is 0 Å². The molecular formula is C10H22N2S. The third-order valence-electron chi connectivity index (χ3n) is 2.14. The van der Waals surface area contributed by atoms with Crippen LogP contribution >= 0.6 is 12.2 Å². The second-order valence-electron chi connectivity index (χ2n) is 3.74. The van der Waals surface area contributed by atoms with Crippen LogP contribution in [0, 0.1) is 0 Å². The van der Waals surface area contributed by atoms with Crippen LogP contribution in [-0.4, -0.2) is 29.0 Å². The number of unbranched alkanes of at least 4 members (excludes halogenated alkanes) is 2. The van der Waals surface area contributed by atoms with Crippen LogP contribution in [0.5, 0.6) is 0 Å². The molecule has 0 rings (SSSR count). The van der Waals surface area contributed by atoms with E-state index in [0.717, 1.165) is 13.1 Å². The van der Waals surface area contributed by atoms with Crippen molar-refractivity contribution in [2.24, 2.45) is 5.73 Å². The average Bonchev–Trinajstić information content (AvgIpc) is 2.02. The van der Waals surface area contributed by atoms with Crippen LogP contribution in [0.15, 0.2) is 0 Å². The summed E-state index contributed by atoms with van der Waals surface area (Å²) >= 11 is 4.91. The first-order chi connectivity index (χ1) is 6.07. The lowest BCUT2D eigenvalue weighted by Crippen LogP contribution is -2.38. The minimum atomic E-state index is 0.540. The largest absolute Gasteiger partial charge is 0.392 e. The van der Waals surface area contributed by atoms with Crippen LogP contribution in [0.2, 0.25) is 0 Å². The Morgan fingerprint density at radius 2 is 2.00 bits per heavy atom. The Hall–Kier alpha value is -0.150. The molecule has 0 saturated carbocycles. The molecule has 2 nitrogen and oxygen atoms in total. The molecule has 0 unspecified atom stereocenters. The van der Waals surface area contributed by atoms with Crippen LogP contribution in [-0.2, 0) is 0 Å². The molecule has 0 amide bonds. The molecular weight excluding hydrogens is 180 g/mol. The summed E-state index contributed by atoms with van der Waals surface area (Å²) in [6.45, 7) is 8.46. The third-order valence-corrected chi connectivity index (χ3v) is 2.27. The highest BCUT2D eigenvalue weighted by Crippen LogP contribution is 2.02. The maximum absolute atomic E-state index is 5.53. The van der Waals surface area contributed by atoms with Gasteiger partial charge >= 0.3 is 0 Å². The van der Waals surface area contributed by atoms with Crippen LogP contribution in [0.3, 0.4) is 0 Å². The Kier molecular flexibility index (Phi) is 7.19. The smallest absolute Gasteiger partial charge is 0.0870 e. The molecule has 0 saturated heterocycles. The van der Waals surface area contributed by atoms with Gasteiger partial charge in [-0.1, -0.05) is 32.0 Å². The van der Waals surface area contributed by atoms with Crippen molar-refractivity contribution >= 4 is 17.2 Å². The number of rotatable bonds is 7. The summed E-state index contributed by atoms with van der Waals surface area (Å²) < 4.78 is 0. The van der Waals surface area contributed by atoms with Crippen molar-refractivity contribution in [1.82, 2.24) is 4.90 Å². The number of nitrogens with two attached hydrogens (primary N) is 1. The highest BCUT2D eigenvalue weighted by atomic mass is 32.1. The molecule has 3 heteroatoms. The second kappa shape index (κ2) is 7.27. The highest BCUT2D eigenvalue weighted by molar-refractivity contribution is 7.80. The van der Waals surface area contributed by atoms with Gasteiger partial charge in [-0.3, -0.25) is 4.90 Å². The molecule has 78 valence electrons.